The fourth-order valence-corrected chi connectivity index (χ4v) is 2.62. The first kappa shape index (κ1) is 13.1. The summed E-state index contributed by atoms with van der Waals surface area (Å²) in [7, 11) is 0. The third kappa shape index (κ3) is 3.54. The lowest BCUT2D eigenvalue weighted by molar-refractivity contribution is 0.373. The molecule has 0 radical (unpaired) electrons. The highest BCUT2D eigenvalue weighted by atomic mass is 15.1. The minimum absolute atomic E-state index is 0.710. The molecule has 2 aromatic rings. The minimum atomic E-state index is 0.710. The largest absolute Gasteiger partial charge is 0.325 e. The van der Waals surface area contributed by atoms with Gasteiger partial charge in [0.15, 0.2) is 0 Å². The van der Waals surface area contributed by atoms with Gasteiger partial charge < -0.3 is 10.6 Å². The van der Waals surface area contributed by atoms with E-state index in [0.717, 1.165) is 36.8 Å². The molecule has 1 saturated heterocycles. The Bertz CT molecular complexity index is 535. The average molecular weight is 268 g/mol. The predicted molar refractivity (Wildman–Crippen MR) is 81.1 cm³/mol. The molecule has 0 aliphatic carbocycles. The van der Waals surface area contributed by atoms with Crippen molar-refractivity contribution in [3.8, 4) is 0 Å². The molecule has 1 fully saturated rings. The van der Waals surface area contributed by atoms with Crippen LogP contribution in [0.2, 0.25) is 0 Å². The van der Waals surface area contributed by atoms with Crippen molar-refractivity contribution in [3.05, 3.63) is 48.3 Å². The van der Waals surface area contributed by atoms with Crippen LogP contribution in [0.25, 0.3) is 0 Å². The number of hydrogen-bond acceptors (Lipinski definition) is 4. The average Bonchev–Trinajstić information content (AvgIpc) is 2.50. The molecule has 0 unspecified atom stereocenters. The quantitative estimate of drug-likeness (QED) is 0.895. The van der Waals surface area contributed by atoms with Crippen LogP contribution < -0.4 is 10.6 Å². The fourth-order valence-electron chi connectivity index (χ4n) is 2.62. The van der Waals surface area contributed by atoms with Crippen molar-refractivity contribution in [2.45, 2.75) is 19.3 Å². The zero-order valence-corrected chi connectivity index (χ0v) is 11.5. The highest BCUT2D eigenvalue weighted by Gasteiger charge is 2.14. The van der Waals surface area contributed by atoms with Gasteiger partial charge >= 0.3 is 0 Å². The van der Waals surface area contributed by atoms with Gasteiger partial charge in [0.2, 0.25) is 0 Å². The highest BCUT2D eigenvalue weighted by Crippen LogP contribution is 2.17. The molecule has 3 heterocycles. The van der Waals surface area contributed by atoms with Crippen molar-refractivity contribution in [2.75, 3.05) is 18.4 Å². The Morgan fingerprint density at radius 1 is 1.15 bits per heavy atom. The predicted octanol–water partition coefficient (Wildman–Crippen LogP) is 2.76. The second-order valence-electron chi connectivity index (χ2n) is 5.27. The maximum atomic E-state index is 4.68. The number of rotatable bonds is 4. The van der Waals surface area contributed by atoms with Gasteiger partial charge in [-0.05, 0) is 62.5 Å². The lowest BCUT2D eigenvalue weighted by Crippen LogP contribution is -2.31. The van der Waals surface area contributed by atoms with Crippen LogP contribution in [0.1, 0.15) is 18.5 Å². The van der Waals surface area contributed by atoms with Crippen molar-refractivity contribution in [2.24, 2.45) is 5.92 Å². The first-order valence-electron chi connectivity index (χ1n) is 7.25. The van der Waals surface area contributed by atoms with E-state index in [4.69, 9.17) is 0 Å². The zero-order valence-electron chi connectivity index (χ0n) is 11.5. The van der Waals surface area contributed by atoms with Crippen molar-refractivity contribution in [1.29, 1.82) is 0 Å². The van der Waals surface area contributed by atoms with E-state index in [0.29, 0.717) is 5.92 Å². The molecule has 0 bridgehead atoms. The molecular formula is C16H20N4. The SMILES string of the molecule is c1ccc(Nc2cccc(C[C@@H]3CCCNC3)n2)nc1. The number of piperidine rings is 1. The Kier molecular flexibility index (Phi) is 4.23. The summed E-state index contributed by atoms with van der Waals surface area (Å²) in [5.74, 6) is 2.41. The van der Waals surface area contributed by atoms with Gasteiger partial charge in [0, 0.05) is 11.9 Å². The Balaban J connectivity index is 1.66. The van der Waals surface area contributed by atoms with Gasteiger partial charge in [-0.15, -0.1) is 0 Å². The van der Waals surface area contributed by atoms with Crippen LogP contribution in [0.5, 0.6) is 0 Å². The van der Waals surface area contributed by atoms with Crippen molar-refractivity contribution < 1.29 is 0 Å². The van der Waals surface area contributed by atoms with Crippen LogP contribution in [-0.2, 0) is 6.42 Å². The third-order valence-electron chi connectivity index (χ3n) is 3.62. The van der Waals surface area contributed by atoms with Crippen LogP contribution in [0.15, 0.2) is 42.6 Å². The third-order valence-corrected chi connectivity index (χ3v) is 3.62. The molecule has 0 aromatic carbocycles. The van der Waals surface area contributed by atoms with Gasteiger partial charge in [0.1, 0.15) is 11.6 Å². The number of nitrogens with zero attached hydrogens (tertiary/aromatic N) is 2. The highest BCUT2D eigenvalue weighted by molar-refractivity contribution is 5.51. The molecule has 2 aromatic heterocycles. The van der Waals surface area contributed by atoms with Crippen molar-refractivity contribution >= 4 is 11.6 Å². The monoisotopic (exact) mass is 268 g/mol. The summed E-state index contributed by atoms with van der Waals surface area (Å²) in [6.07, 6.45) is 5.40. The summed E-state index contributed by atoms with van der Waals surface area (Å²) >= 11 is 0. The lowest BCUT2D eigenvalue weighted by Gasteiger charge is -2.22. The van der Waals surface area contributed by atoms with Gasteiger partial charge in [-0.25, -0.2) is 9.97 Å². The molecule has 20 heavy (non-hydrogen) atoms. The van der Waals surface area contributed by atoms with Gasteiger partial charge in [-0.1, -0.05) is 12.1 Å². The Labute approximate surface area is 119 Å². The van der Waals surface area contributed by atoms with E-state index >= 15 is 0 Å². The standard InChI is InChI=1S/C16H20N4/c1-2-10-18-15(7-1)20-16-8-3-6-14(19-16)11-13-5-4-9-17-12-13/h1-3,6-8,10,13,17H,4-5,9,11-12H2,(H,18,19,20)/t13-/m0/s1. The van der Waals surface area contributed by atoms with Crippen LogP contribution in [0, 0.1) is 5.92 Å². The van der Waals surface area contributed by atoms with E-state index in [-0.39, 0.29) is 0 Å². The van der Waals surface area contributed by atoms with Crippen molar-refractivity contribution in [3.63, 3.8) is 0 Å². The number of anilines is 2. The number of hydrogen-bond donors (Lipinski definition) is 2. The number of aromatic nitrogens is 2. The normalized spacial score (nSPS) is 18.7. The molecule has 4 nitrogen and oxygen atoms in total. The lowest BCUT2D eigenvalue weighted by atomic mass is 9.94. The summed E-state index contributed by atoms with van der Waals surface area (Å²) in [6.45, 7) is 2.27. The Morgan fingerprint density at radius 3 is 2.90 bits per heavy atom. The molecule has 1 aliphatic heterocycles. The second-order valence-corrected chi connectivity index (χ2v) is 5.27. The molecule has 0 saturated carbocycles. The van der Waals surface area contributed by atoms with Crippen LogP contribution in [0.4, 0.5) is 11.6 Å². The summed E-state index contributed by atoms with van der Waals surface area (Å²) in [6, 6.07) is 12.0. The molecule has 4 heteroatoms. The maximum Gasteiger partial charge on any atom is 0.131 e. The summed E-state index contributed by atoms with van der Waals surface area (Å²) in [4.78, 5) is 8.94. The molecule has 1 aliphatic rings. The van der Waals surface area contributed by atoms with E-state index in [1.54, 1.807) is 6.20 Å². The summed E-state index contributed by atoms with van der Waals surface area (Å²) in [5.41, 5.74) is 1.15. The van der Waals surface area contributed by atoms with Gasteiger partial charge in [-0.3, -0.25) is 0 Å². The summed E-state index contributed by atoms with van der Waals surface area (Å²) < 4.78 is 0. The van der Waals surface area contributed by atoms with Gasteiger partial charge in [-0.2, -0.15) is 0 Å². The molecule has 1 atom stereocenters. The first-order valence-corrected chi connectivity index (χ1v) is 7.25. The van der Waals surface area contributed by atoms with Gasteiger partial charge in [0.05, 0.1) is 0 Å². The minimum Gasteiger partial charge on any atom is -0.325 e. The van der Waals surface area contributed by atoms with Crippen molar-refractivity contribution in [1.82, 2.24) is 15.3 Å². The van der Waals surface area contributed by atoms with Gasteiger partial charge in [0.25, 0.3) is 0 Å². The molecule has 0 amide bonds. The molecule has 2 N–H and O–H groups in total. The topological polar surface area (TPSA) is 49.8 Å². The van der Waals surface area contributed by atoms with E-state index in [1.165, 1.54) is 12.8 Å². The molecule has 104 valence electrons. The fraction of sp³-hybridized carbons (Fsp3) is 0.375. The van der Waals surface area contributed by atoms with Crippen LogP contribution in [0.3, 0.4) is 0 Å². The van der Waals surface area contributed by atoms with E-state index in [1.807, 2.05) is 24.3 Å². The van der Waals surface area contributed by atoms with E-state index in [9.17, 15) is 0 Å². The smallest absolute Gasteiger partial charge is 0.131 e. The number of nitrogens with one attached hydrogen (secondary N) is 2. The van der Waals surface area contributed by atoms with E-state index in [2.05, 4.69) is 32.7 Å². The van der Waals surface area contributed by atoms with Crippen LogP contribution in [-0.4, -0.2) is 23.1 Å². The maximum absolute atomic E-state index is 4.68. The summed E-state index contributed by atoms with van der Waals surface area (Å²) in [5, 5.41) is 6.70. The van der Waals surface area contributed by atoms with E-state index < -0.39 is 0 Å². The molecule has 3 rings (SSSR count). The van der Waals surface area contributed by atoms with Crippen LogP contribution >= 0.6 is 0 Å². The number of pyridine rings is 2. The second kappa shape index (κ2) is 6.48. The Morgan fingerprint density at radius 2 is 2.10 bits per heavy atom. The zero-order chi connectivity index (χ0) is 13.6. The Hall–Kier alpha value is -1.94. The molecular weight excluding hydrogens is 248 g/mol. The first-order chi connectivity index (χ1) is 9.90. The molecule has 0 spiro atoms.